The van der Waals surface area contributed by atoms with Gasteiger partial charge in [-0.1, -0.05) is 12.1 Å². The molecule has 30 heavy (non-hydrogen) atoms. The molecule has 1 amide bonds. The molecule has 0 saturated heterocycles. The number of nitrogens with one attached hydrogen (secondary N) is 2. The zero-order chi connectivity index (χ0) is 21.7. The molecule has 1 saturated carbocycles. The minimum absolute atomic E-state index is 0.0206. The number of carbonyl (C=O) groups is 2. The second-order valence-corrected chi connectivity index (χ2v) is 8.66. The van der Waals surface area contributed by atoms with Crippen LogP contribution in [0.5, 0.6) is 5.75 Å². The van der Waals surface area contributed by atoms with E-state index in [0.717, 1.165) is 38.8 Å². The van der Waals surface area contributed by atoms with Crippen molar-refractivity contribution in [2.24, 2.45) is 5.92 Å². The van der Waals surface area contributed by atoms with Gasteiger partial charge in [0.15, 0.2) is 0 Å². The Morgan fingerprint density at radius 1 is 1.23 bits per heavy atom. The van der Waals surface area contributed by atoms with Gasteiger partial charge < -0.3 is 30.3 Å². The summed E-state index contributed by atoms with van der Waals surface area (Å²) in [5, 5.41) is 26.0. The molecular weight excluding hydrogens is 385 g/mol. The number of fused-ring (bicyclic) bond motifs is 1. The maximum Gasteiger partial charge on any atom is 0.547 e. The predicted octanol–water partition coefficient (Wildman–Crippen LogP) is 0.924. The van der Waals surface area contributed by atoms with Gasteiger partial charge >= 0.3 is 13.1 Å². The van der Waals surface area contributed by atoms with Crippen LogP contribution in [0.1, 0.15) is 48.0 Å². The van der Waals surface area contributed by atoms with Gasteiger partial charge in [0.05, 0.1) is 11.5 Å². The van der Waals surface area contributed by atoms with Crippen molar-refractivity contribution in [3.05, 3.63) is 29.3 Å². The van der Waals surface area contributed by atoms with Gasteiger partial charge in [-0.2, -0.15) is 0 Å². The summed E-state index contributed by atoms with van der Waals surface area (Å²) in [7, 11) is 2.86. The number of aromatic carboxylic acids is 1. The van der Waals surface area contributed by atoms with Gasteiger partial charge in [-0.05, 0) is 63.7 Å². The summed E-state index contributed by atoms with van der Waals surface area (Å²) in [6.07, 6.45) is 4.96. The van der Waals surface area contributed by atoms with E-state index in [9.17, 15) is 19.7 Å². The Kier molecular flexibility index (Phi) is 7.74. The average molecular weight is 417 g/mol. The van der Waals surface area contributed by atoms with Crippen LogP contribution in [0.15, 0.2) is 18.2 Å². The highest BCUT2D eigenvalue weighted by Crippen LogP contribution is 2.31. The number of hydrogen-bond donors (Lipinski definition) is 4. The van der Waals surface area contributed by atoms with E-state index in [-0.39, 0.29) is 17.2 Å². The molecule has 1 atom stereocenters. The zero-order valence-corrected chi connectivity index (χ0v) is 17.8. The van der Waals surface area contributed by atoms with E-state index in [1.54, 1.807) is 12.1 Å². The van der Waals surface area contributed by atoms with Gasteiger partial charge in [-0.3, -0.25) is 4.79 Å². The van der Waals surface area contributed by atoms with Crippen LogP contribution in [0.25, 0.3) is 0 Å². The molecule has 1 aromatic rings. The highest BCUT2D eigenvalue weighted by atomic mass is 16.5. The number of benzene rings is 1. The summed E-state index contributed by atoms with van der Waals surface area (Å²) in [4.78, 5) is 26.0. The third kappa shape index (κ3) is 5.96. The lowest BCUT2D eigenvalue weighted by molar-refractivity contribution is -0.122. The third-order valence-corrected chi connectivity index (χ3v) is 6.01. The second kappa shape index (κ2) is 10.3. The molecule has 0 aromatic heterocycles. The van der Waals surface area contributed by atoms with Crippen molar-refractivity contribution in [3.8, 4) is 5.75 Å². The van der Waals surface area contributed by atoms with Crippen LogP contribution in [0.3, 0.4) is 0 Å². The van der Waals surface area contributed by atoms with Crippen LogP contribution in [0, 0.1) is 5.92 Å². The summed E-state index contributed by atoms with van der Waals surface area (Å²) < 4.78 is 5.44. The Labute approximate surface area is 178 Å². The maximum absolute atomic E-state index is 12.5. The van der Waals surface area contributed by atoms with Crippen molar-refractivity contribution >= 4 is 19.0 Å². The number of carbonyl (C=O) groups excluding carboxylic acids is 1. The molecule has 1 aliphatic carbocycles. The Morgan fingerprint density at radius 3 is 2.63 bits per heavy atom. The molecule has 4 N–H and O–H groups in total. The fourth-order valence-corrected chi connectivity index (χ4v) is 4.31. The van der Waals surface area contributed by atoms with Crippen LogP contribution < -0.4 is 15.3 Å². The predicted molar refractivity (Wildman–Crippen MR) is 115 cm³/mol. The average Bonchev–Trinajstić information content (AvgIpc) is 2.69. The zero-order valence-electron chi connectivity index (χ0n) is 17.8. The summed E-state index contributed by atoms with van der Waals surface area (Å²) in [6, 6.07) is 5.38. The van der Waals surface area contributed by atoms with Crippen molar-refractivity contribution in [2.45, 2.75) is 50.5 Å². The first-order chi connectivity index (χ1) is 14.3. The topological polar surface area (TPSA) is 111 Å². The molecule has 8 nitrogen and oxygen atoms in total. The quantitative estimate of drug-likeness (QED) is 0.466. The summed E-state index contributed by atoms with van der Waals surface area (Å²) in [6.45, 7) is 2.00. The van der Waals surface area contributed by atoms with Gasteiger partial charge in [0, 0.05) is 25.6 Å². The first-order valence-electron chi connectivity index (χ1n) is 10.7. The second-order valence-electron chi connectivity index (χ2n) is 8.66. The molecule has 0 radical (unpaired) electrons. The van der Waals surface area contributed by atoms with E-state index in [0.29, 0.717) is 30.4 Å². The van der Waals surface area contributed by atoms with Crippen LogP contribution in [0.2, 0.25) is 0 Å². The number of nitrogens with zero attached hydrogens (tertiary/aromatic N) is 1. The van der Waals surface area contributed by atoms with E-state index in [4.69, 9.17) is 4.65 Å². The largest absolute Gasteiger partial charge is 0.547 e. The summed E-state index contributed by atoms with van der Waals surface area (Å²) in [5.74, 6) is -1.25. The minimum Gasteiger partial charge on any atom is -0.534 e. The molecule has 1 heterocycles. The van der Waals surface area contributed by atoms with Gasteiger partial charge in [0.25, 0.3) is 0 Å². The van der Waals surface area contributed by atoms with E-state index < -0.39 is 19.0 Å². The van der Waals surface area contributed by atoms with Gasteiger partial charge in [-0.25, -0.2) is 4.79 Å². The van der Waals surface area contributed by atoms with Crippen LogP contribution >= 0.6 is 0 Å². The van der Waals surface area contributed by atoms with Crippen LogP contribution in [0.4, 0.5) is 0 Å². The molecule has 164 valence electrons. The van der Waals surface area contributed by atoms with E-state index in [1.807, 2.05) is 0 Å². The van der Waals surface area contributed by atoms with Crippen LogP contribution in [-0.4, -0.2) is 73.2 Å². The van der Waals surface area contributed by atoms with Crippen molar-refractivity contribution in [1.29, 1.82) is 0 Å². The number of rotatable bonds is 8. The van der Waals surface area contributed by atoms with E-state index in [2.05, 4.69) is 29.6 Å². The van der Waals surface area contributed by atoms with Crippen molar-refractivity contribution < 1.29 is 24.4 Å². The fourth-order valence-electron chi connectivity index (χ4n) is 4.31. The normalized spacial score (nSPS) is 23.6. The number of amides is 1. The monoisotopic (exact) mass is 417 g/mol. The lowest BCUT2D eigenvalue weighted by Crippen LogP contribution is -2.53. The Hall–Kier alpha value is -2.10. The molecule has 0 spiro atoms. The Balaban J connectivity index is 1.46. The van der Waals surface area contributed by atoms with Gasteiger partial charge in [0.1, 0.15) is 5.75 Å². The van der Waals surface area contributed by atoms with Crippen molar-refractivity contribution in [2.75, 3.05) is 27.2 Å². The number of likely N-dealkylation sites (N-methyl/N-ethyl adjacent to an activating group) is 1. The molecule has 1 aromatic carbocycles. The Bertz CT molecular complexity index is 752. The maximum atomic E-state index is 12.5. The van der Waals surface area contributed by atoms with Gasteiger partial charge in [0.2, 0.25) is 5.91 Å². The first-order valence-corrected chi connectivity index (χ1v) is 10.7. The molecule has 1 fully saturated rings. The van der Waals surface area contributed by atoms with Crippen LogP contribution in [-0.2, 0) is 11.2 Å². The minimum atomic E-state index is -1.27. The molecule has 0 unspecified atom stereocenters. The molecule has 2 aliphatic rings. The number of para-hydroxylation sites is 1. The lowest BCUT2D eigenvalue weighted by Gasteiger charge is -2.31. The smallest absolute Gasteiger partial charge is 0.534 e. The Morgan fingerprint density at radius 2 is 1.97 bits per heavy atom. The molecule has 0 bridgehead atoms. The van der Waals surface area contributed by atoms with E-state index in [1.165, 1.54) is 6.07 Å². The fraction of sp³-hybridized carbons (Fsp3) is 0.619. The number of carboxylic acid groups (broad SMARTS) is 1. The molecule has 9 heteroatoms. The third-order valence-electron chi connectivity index (χ3n) is 6.01. The molecular formula is C21H32BN3O5. The molecule has 3 rings (SSSR count). The highest BCUT2D eigenvalue weighted by molar-refractivity contribution is 6.47. The van der Waals surface area contributed by atoms with Crippen molar-refractivity contribution in [3.63, 3.8) is 0 Å². The standard InChI is InChI=1S/C21H32BN3O5/c1-25(2)11-10-23-16-8-6-14(7-9-16)12-19(26)24-18-13-15-4-3-5-17(21(27)28)20(15)30-22(18)29/h3-5,14,16,18,23,29H,6-13H2,1-2H3,(H,24,26)(H,27,28)/t14?,16?,18-/m0/s1. The molecule has 1 aliphatic heterocycles. The highest BCUT2D eigenvalue weighted by Gasteiger charge is 2.38. The number of carboxylic acids is 1. The van der Waals surface area contributed by atoms with Crippen molar-refractivity contribution in [1.82, 2.24) is 15.5 Å². The van der Waals surface area contributed by atoms with E-state index >= 15 is 0 Å². The SMILES string of the molecule is CN(C)CCNC1CCC(CC(=O)N[C@H]2Cc3cccc(C(=O)O)c3OB2O)CC1. The summed E-state index contributed by atoms with van der Waals surface area (Å²) in [5.41, 5.74) is 0.696. The lowest BCUT2D eigenvalue weighted by atomic mass is 9.72. The summed E-state index contributed by atoms with van der Waals surface area (Å²) >= 11 is 0. The number of hydrogen-bond acceptors (Lipinski definition) is 6. The first kappa shape index (κ1) is 22.6. The van der Waals surface area contributed by atoms with Gasteiger partial charge in [-0.15, -0.1) is 0 Å².